The molecule has 3 fully saturated rings. The Morgan fingerprint density at radius 1 is 1.07 bits per heavy atom. The largest absolute Gasteiger partial charge is 0.494 e. The van der Waals surface area contributed by atoms with Crippen LogP contribution in [0.1, 0.15) is 72.1 Å². The summed E-state index contributed by atoms with van der Waals surface area (Å²) >= 11 is 0. The number of ether oxygens (including phenoxy) is 4. The third-order valence-corrected chi connectivity index (χ3v) is 13.9. The molecule has 330 valence electrons. The van der Waals surface area contributed by atoms with E-state index < -0.39 is 98.4 Å². The van der Waals surface area contributed by atoms with Crippen LogP contribution in [0.25, 0.3) is 10.8 Å². The van der Waals surface area contributed by atoms with E-state index in [1.54, 1.807) is 19.1 Å². The maximum atomic E-state index is 15.0. The number of carbonyl (C=O) groups excluding carboxylic acids is 4. The average Bonchev–Trinajstić information content (AvgIpc) is 4.08. The number of halogens is 5. The number of amides is 4. The summed E-state index contributed by atoms with van der Waals surface area (Å²) in [5.74, 6) is -5.03. The molecule has 21 heteroatoms. The number of nitrogens with zero attached hydrogens (tertiary/aromatic N) is 2. The number of fused-ring (bicyclic) bond motifs is 3. The van der Waals surface area contributed by atoms with Crippen LogP contribution in [0.15, 0.2) is 30.5 Å². The van der Waals surface area contributed by atoms with E-state index in [2.05, 4.69) is 15.6 Å². The van der Waals surface area contributed by atoms with Gasteiger partial charge >= 0.3 is 12.3 Å². The maximum Gasteiger partial charge on any atom is 0.427 e. The van der Waals surface area contributed by atoms with Gasteiger partial charge in [0.15, 0.2) is 11.6 Å². The second-order valence-electron chi connectivity index (χ2n) is 16.4. The van der Waals surface area contributed by atoms with Gasteiger partial charge in [-0.3, -0.25) is 19.1 Å². The highest BCUT2D eigenvalue weighted by molar-refractivity contribution is 7.91. The Labute approximate surface area is 343 Å². The van der Waals surface area contributed by atoms with Gasteiger partial charge in [-0.2, -0.15) is 13.2 Å². The second-order valence-corrected chi connectivity index (χ2v) is 18.5. The number of hydrogen-bond acceptors (Lipinski definition) is 11. The number of sulfonamides is 1. The van der Waals surface area contributed by atoms with Crippen LogP contribution in [0.3, 0.4) is 0 Å². The predicted octanol–water partition coefficient (Wildman–Crippen LogP) is 4.76. The summed E-state index contributed by atoms with van der Waals surface area (Å²) in [6.07, 6.45) is -1.29. The zero-order valence-electron chi connectivity index (χ0n) is 33.6. The van der Waals surface area contributed by atoms with Gasteiger partial charge in [0.25, 0.3) is 5.91 Å². The summed E-state index contributed by atoms with van der Waals surface area (Å²) in [5, 5.41) is 5.45. The molecule has 0 spiro atoms. The molecule has 0 radical (unpaired) electrons. The molecule has 4 aliphatic rings. The molecule has 1 aromatic carbocycles. The van der Waals surface area contributed by atoms with Gasteiger partial charge < -0.3 is 34.5 Å². The van der Waals surface area contributed by atoms with Crippen molar-refractivity contribution >= 4 is 44.6 Å². The lowest BCUT2D eigenvalue weighted by Gasteiger charge is -2.33. The summed E-state index contributed by atoms with van der Waals surface area (Å²) in [5.41, 5.74) is -4.75. The smallest absolute Gasteiger partial charge is 0.427 e. The van der Waals surface area contributed by atoms with Crippen LogP contribution >= 0.6 is 0 Å². The average molecular weight is 874 g/mol. The molecule has 2 aliphatic carbocycles. The highest BCUT2D eigenvalue weighted by Crippen LogP contribution is 2.48. The fraction of sp³-hybridized carbons (Fsp3) is 0.615. The zero-order chi connectivity index (χ0) is 44.0. The van der Waals surface area contributed by atoms with Gasteiger partial charge in [0.2, 0.25) is 33.3 Å². The maximum absolute atomic E-state index is 15.0. The first-order valence-corrected chi connectivity index (χ1v) is 21.0. The van der Waals surface area contributed by atoms with Gasteiger partial charge in [-0.25, -0.2) is 27.0 Å². The molecule has 6 atom stereocenters. The minimum absolute atomic E-state index is 0.00271. The summed E-state index contributed by atoms with van der Waals surface area (Å²) in [6.45, 7) is 1.32. The number of aromatic nitrogens is 1. The molecule has 6 rings (SSSR count). The molecule has 60 heavy (non-hydrogen) atoms. The number of nitrogens with one attached hydrogen (secondary N) is 3. The summed E-state index contributed by atoms with van der Waals surface area (Å²) in [7, 11) is -1.85. The Morgan fingerprint density at radius 2 is 1.77 bits per heavy atom. The standard InChI is InChI=1S/C39H48F5N5O10S/c1-21-10-8-6-7-9-11-22-17-38(22,34(52)48-60(54,55)37(20-40)12-13-37)47-31(50)27-14-23(19-49(27)33(51)30(21)46-35(53)59-36(2,3)39(42,43)44)58-32-25-15-26(41)28(56-4)16-24(25)29(57-5)18-45-32/h9,11,15-16,18,21-23,27,30H,6-8,10,12-14,17,19-20H2,1-5H3,(H,46,53)(H,47,50)(H,48,52)/b11-9-/t21-,22-,23-,27+,30+,38-/m1/s1. The number of benzene rings is 1. The Hall–Kier alpha value is -4.95. The number of hydrogen-bond donors (Lipinski definition) is 3. The fourth-order valence-corrected chi connectivity index (χ4v) is 9.01. The van der Waals surface area contributed by atoms with Crippen LogP contribution in [0.4, 0.5) is 26.7 Å². The van der Waals surface area contributed by atoms with Crippen molar-refractivity contribution in [1.29, 1.82) is 0 Å². The van der Waals surface area contributed by atoms with Crippen LogP contribution in [0, 0.1) is 17.7 Å². The van der Waals surface area contributed by atoms with E-state index in [0.717, 1.165) is 11.0 Å². The quantitative estimate of drug-likeness (QED) is 0.220. The van der Waals surface area contributed by atoms with E-state index in [-0.39, 0.29) is 55.0 Å². The number of rotatable bonds is 10. The molecule has 4 amide bonds. The first-order chi connectivity index (χ1) is 28.1. The normalized spacial score (nSPS) is 27.6. The van der Waals surface area contributed by atoms with E-state index in [0.29, 0.717) is 44.9 Å². The van der Waals surface area contributed by atoms with Crippen molar-refractivity contribution in [3.8, 4) is 17.4 Å². The number of carbonyl (C=O) groups is 4. The summed E-state index contributed by atoms with van der Waals surface area (Å²) in [6, 6.07) is -0.523. The van der Waals surface area contributed by atoms with Crippen LogP contribution < -0.4 is 29.6 Å². The van der Waals surface area contributed by atoms with Crippen molar-refractivity contribution < 1.29 is 68.5 Å². The van der Waals surface area contributed by atoms with Crippen molar-refractivity contribution in [3.63, 3.8) is 0 Å². The topological polar surface area (TPSA) is 192 Å². The number of alkyl halides is 4. The summed E-state index contributed by atoms with van der Waals surface area (Å²) in [4.78, 5) is 61.4. The molecule has 15 nitrogen and oxygen atoms in total. The highest BCUT2D eigenvalue weighted by atomic mass is 32.2. The van der Waals surface area contributed by atoms with E-state index in [1.165, 1.54) is 26.5 Å². The molecule has 0 unspecified atom stereocenters. The predicted molar refractivity (Wildman–Crippen MR) is 204 cm³/mol. The number of alkyl carbamates (subject to hydrolysis) is 1. The van der Waals surface area contributed by atoms with Crippen molar-refractivity contribution in [3.05, 3.63) is 36.3 Å². The van der Waals surface area contributed by atoms with Crippen LogP contribution in [-0.4, -0.2) is 110 Å². The van der Waals surface area contributed by atoms with Crippen LogP contribution in [0.2, 0.25) is 0 Å². The lowest BCUT2D eigenvalue weighted by atomic mass is 9.93. The third kappa shape index (κ3) is 8.63. The molecule has 3 heterocycles. The molecule has 3 N–H and O–H groups in total. The van der Waals surface area contributed by atoms with Crippen molar-refractivity contribution in [2.24, 2.45) is 11.8 Å². The van der Waals surface area contributed by atoms with Gasteiger partial charge in [0.05, 0.1) is 32.3 Å². The Balaban J connectivity index is 1.36. The Morgan fingerprint density at radius 3 is 2.40 bits per heavy atom. The molecule has 2 aromatic rings. The third-order valence-electron chi connectivity index (χ3n) is 11.8. The lowest BCUT2D eigenvalue weighted by Crippen LogP contribution is -2.60. The first kappa shape index (κ1) is 44.6. The molecular weight excluding hydrogens is 826 g/mol. The lowest BCUT2D eigenvalue weighted by molar-refractivity contribution is -0.244. The minimum Gasteiger partial charge on any atom is -0.494 e. The number of pyridine rings is 1. The van der Waals surface area contributed by atoms with Gasteiger partial charge in [-0.15, -0.1) is 0 Å². The van der Waals surface area contributed by atoms with Gasteiger partial charge in [0.1, 0.15) is 40.9 Å². The van der Waals surface area contributed by atoms with E-state index in [9.17, 15) is 45.2 Å². The number of methoxy groups -OCH3 is 2. The first-order valence-electron chi connectivity index (χ1n) is 19.5. The Kier molecular flexibility index (Phi) is 12.3. The van der Waals surface area contributed by atoms with Crippen molar-refractivity contribution in [1.82, 2.24) is 25.2 Å². The highest BCUT2D eigenvalue weighted by Gasteiger charge is 2.64. The zero-order valence-corrected chi connectivity index (χ0v) is 34.4. The van der Waals surface area contributed by atoms with Gasteiger partial charge in [-0.05, 0) is 70.4 Å². The second kappa shape index (κ2) is 16.5. The summed E-state index contributed by atoms with van der Waals surface area (Å²) < 4.78 is 118. The van der Waals surface area contributed by atoms with Crippen LogP contribution in [0.5, 0.6) is 17.4 Å². The van der Waals surface area contributed by atoms with E-state index >= 15 is 4.39 Å². The molecular formula is C39H48F5N5O10S. The monoisotopic (exact) mass is 873 g/mol. The fourth-order valence-electron chi connectivity index (χ4n) is 7.58. The molecule has 1 saturated heterocycles. The SMILES string of the molecule is COc1cc2c(OC)cnc(O[C@@H]3C[C@H]4C(=O)N[C@]5(C(=O)NS(=O)(=O)C6(CF)CC6)C[C@H]5/C=C\CCCC[C@@H](C)[C@H](NC(=O)OC(C)(C)C(F)(F)F)C(=O)N4C3)c2cc1F. The molecule has 2 aliphatic heterocycles. The molecule has 2 saturated carbocycles. The number of allylic oxidation sites excluding steroid dienone is 1. The van der Waals surface area contributed by atoms with Crippen molar-refractivity contribution in [2.75, 3.05) is 27.4 Å². The Bertz CT molecular complexity index is 2170. The molecule has 0 bridgehead atoms. The van der Waals surface area contributed by atoms with Gasteiger partial charge in [0, 0.05) is 17.7 Å². The minimum atomic E-state index is -4.96. The van der Waals surface area contributed by atoms with E-state index in [4.69, 9.17) is 18.9 Å². The van der Waals surface area contributed by atoms with Gasteiger partial charge in [-0.1, -0.05) is 25.5 Å². The van der Waals surface area contributed by atoms with Crippen LogP contribution in [-0.2, 0) is 29.1 Å². The van der Waals surface area contributed by atoms with E-state index in [1.807, 2.05) is 4.72 Å². The van der Waals surface area contributed by atoms with Crippen molar-refractivity contribution in [2.45, 2.75) is 112 Å². The molecule has 1 aromatic heterocycles.